The Hall–Kier alpha value is -3.00. The van der Waals surface area contributed by atoms with E-state index in [1.54, 1.807) is 19.1 Å². The van der Waals surface area contributed by atoms with Gasteiger partial charge in [-0.25, -0.2) is 0 Å². The molecule has 1 N–H and O–H groups in total. The molecule has 9 heteroatoms. The van der Waals surface area contributed by atoms with Gasteiger partial charge in [0.1, 0.15) is 16.9 Å². The van der Waals surface area contributed by atoms with Gasteiger partial charge in [0.15, 0.2) is 11.5 Å². The second kappa shape index (κ2) is 7.55. The summed E-state index contributed by atoms with van der Waals surface area (Å²) < 4.78 is 50.8. The average Bonchev–Trinajstić information content (AvgIpc) is 3.05. The van der Waals surface area contributed by atoms with Gasteiger partial charge in [0.2, 0.25) is 0 Å². The molecular weight excluding hydrogens is 447 g/mol. The van der Waals surface area contributed by atoms with Crippen LogP contribution >= 0.6 is 11.6 Å². The van der Waals surface area contributed by atoms with Gasteiger partial charge in [-0.3, -0.25) is 9.59 Å². The van der Waals surface area contributed by atoms with Crippen molar-refractivity contribution >= 4 is 39.9 Å². The molecule has 5 nitrogen and oxygen atoms in total. The largest absolute Gasteiger partial charge is 0.486 e. The fraction of sp³-hybridized carbons (Fsp3) is 0.304. The number of carbonyl (C=O) groups excluding carboxylic acids is 2. The maximum atomic E-state index is 13.0. The van der Waals surface area contributed by atoms with Crippen LogP contribution in [-0.2, 0) is 6.18 Å². The number of nitrogens with one attached hydrogen (secondary N) is 1. The van der Waals surface area contributed by atoms with E-state index < -0.39 is 23.2 Å². The molecule has 168 valence electrons. The van der Waals surface area contributed by atoms with E-state index in [2.05, 4.69) is 5.32 Å². The van der Waals surface area contributed by atoms with Gasteiger partial charge >= 0.3 is 6.18 Å². The van der Waals surface area contributed by atoms with Crippen LogP contribution in [0.15, 0.2) is 34.7 Å². The molecule has 32 heavy (non-hydrogen) atoms. The number of hydrogen-bond acceptors (Lipinski definition) is 4. The number of amides is 1. The van der Waals surface area contributed by atoms with Crippen LogP contribution in [0.2, 0.25) is 5.02 Å². The van der Waals surface area contributed by atoms with Crippen LogP contribution in [0, 0.1) is 6.92 Å². The first-order chi connectivity index (χ1) is 14.9. The van der Waals surface area contributed by atoms with Crippen molar-refractivity contribution in [2.75, 3.05) is 5.32 Å². The van der Waals surface area contributed by atoms with E-state index in [1.165, 1.54) is 0 Å². The van der Waals surface area contributed by atoms with Crippen molar-refractivity contribution in [3.8, 4) is 5.75 Å². The topological polar surface area (TPSA) is 68.5 Å². The molecule has 2 heterocycles. The first-order valence-corrected chi connectivity index (χ1v) is 10.3. The molecule has 1 unspecified atom stereocenters. The minimum atomic E-state index is -4.59. The van der Waals surface area contributed by atoms with E-state index in [0.717, 1.165) is 18.2 Å². The van der Waals surface area contributed by atoms with Crippen LogP contribution in [0.4, 0.5) is 18.9 Å². The lowest BCUT2D eigenvalue weighted by molar-refractivity contribution is -0.137. The maximum Gasteiger partial charge on any atom is 0.416 e. The fourth-order valence-electron chi connectivity index (χ4n) is 3.80. The third kappa shape index (κ3) is 3.72. The lowest BCUT2D eigenvalue weighted by Gasteiger charge is -2.34. The summed E-state index contributed by atoms with van der Waals surface area (Å²) in [6.45, 7) is 5.40. The number of fused-ring (bicyclic) bond motifs is 3. The lowest BCUT2D eigenvalue weighted by atomic mass is 9.87. The molecule has 0 radical (unpaired) electrons. The second-order valence-electron chi connectivity index (χ2n) is 8.02. The van der Waals surface area contributed by atoms with Crippen LogP contribution in [0.5, 0.6) is 5.75 Å². The molecule has 0 spiro atoms. The van der Waals surface area contributed by atoms with Crippen molar-refractivity contribution in [1.82, 2.24) is 0 Å². The summed E-state index contributed by atoms with van der Waals surface area (Å²) >= 11 is 5.98. The van der Waals surface area contributed by atoms with Crippen molar-refractivity contribution in [2.24, 2.45) is 0 Å². The third-order valence-electron chi connectivity index (χ3n) is 5.72. The van der Waals surface area contributed by atoms with Gasteiger partial charge in [-0.1, -0.05) is 18.5 Å². The Kier molecular flexibility index (Phi) is 5.24. The monoisotopic (exact) mass is 465 g/mol. The van der Waals surface area contributed by atoms with Gasteiger partial charge in [-0.2, -0.15) is 13.2 Å². The van der Waals surface area contributed by atoms with Crippen LogP contribution in [0.1, 0.15) is 58.7 Å². The molecule has 1 aliphatic rings. The van der Waals surface area contributed by atoms with Crippen LogP contribution < -0.4 is 10.1 Å². The number of benzene rings is 2. The van der Waals surface area contributed by atoms with Gasteiger partial charge in [-0.05, 0) is 50.6 Å². The van der Waals surface area contributed by atoms with E-state index in [-0.39, 0.29) is 28.7 Å². The molecule has 1 amide bonds. The van der Waals surface area contributed by atoms with E-state index in [4.69, 9.17) is 20.8 Å². The number of anilines is 1. The molecule has 1 atom stereocenters. The normalized spacial score (nSPS) is 18.4. The Morgan fingerprint density at radius 1 is 1.25 bits per heavy atom. The summed E-state index contributed by atoms with van der Waals surface area (Å²) in [6, 6.07) is 5.86. The zero-order valence-corrected chi connectivity index (χ0v) is 18.2. The van der Waals surface area contributed by atoms with E-state index in [9.17, 15) is 22.8 Å². The molecule has 3 aromatic rings. The predicted molar refractivity (Wildman–Crippen MR) is 114 cm³/mol. The number of ketones is 1. The van der Waals surface area contributed by atoms with Gasteiger partial charge in [0.25, 0.3) is 5.91 Å². The molecule has 2 aromatic carbocycles. The molecule has 1 aromatic heterocycles. The number of ether oxygens (including phenoxy) is 1. The first-order valence-electron chi connectivity index (χ1n) is 9.90. The van der Waals surface area contributed by atoms with Gasteiger partial charge in [0.05, 0.1) is 28.3 Å². The standard InChI is InChI=1S/C23H19ClF3NO4/c1-4-22(3)10-15(29)19-17(32-22)8-7-16-18(19)11(2)20(31-16)21(30)28-14-9-12(23(25,26)27)5-6-13(14)24/h5-9H,4,10H2,1-3H3,(H,28,30). The highest BCUT2D eigenvalue weighted by Crippen LogP contribution is 2.42. The van der Waals surface area contributed by atoms with Gasteiger partial charge in [-0.15, -0.1) is 0 Å². The summed E-state index contributed by atoms with van der Waals surface area (Å²) in [4.78, 5) is 25.8. The van der Waals surface area contributed by atoms with E-state index in [0.29, 0.717) is 34.3 Å². The van der Waals surface area contributed by atoms with Crippen molar-refractivity contribution < 1.29 is 31.9 Å². The summed E-state index contributed by atoms with van der Waals surface area (Å²) in [5.41, 5.74) is -0.740. The minimum absolute atomic E-state index is 0.0556. The molecule has 1 aliphatic heterocycles. The summed E-state index contributed by atoms with van der Waals surface area (Å²) in [6.07, 6.45) is -3.76. The zero-order chi connectivity index (χ0) is 23.4. The molecule has 0 fully saturated rings. The quantitative estimate of drug-likeness (QED) is 0.462. The molecule has 0 saturated heterocycles. The summed E-state index contributed by atoms with van der Waals surface area (Å²) in [7, 11) is 0. The lowest BCUT2D eigenvalue weighted by Crippen LogP contribution is -2.38. The van der Waals surface area contributed by atoms with E-state index >= 15 is 0 Å². The highest BCUT2D eigenvalue weighted by atomic mass is 35.5. The zero-order valence-electron chi connectivity index (χ0n) is 17.4. The number of hydrogen-bond donors (Lipinski definition) is 1. The highest BCUT2D eigenvalue weighted by molar-refractivity contribution is 6.34. The third-order valence-corrected chi connectivity index (χ3v) is 6.05. The highest BCUT2D eigenvalue weighted by Gasteiger charge is 2.37. The van der Waals surface area contributed by atoms with Crippen LogP contribution in [0.3, 0.4) is 0 Å². The summed E-state index contributed by atoms with van der Waals surface area (Å²) in [5, 5.41) is 2.77. The maximum absolute atomic E-state index is 13.0. The Morgan fingerprint density at radius 3 is 2.62 bits per heavy atom. The van der Waals surface area contributed by atoms with Crippen LogP contribution in [-0.4, -0.2) is 17.3 Å². The Bertz CT molecular complexity index is 1260. The predicted octanol–water partition coefficient (Wildman–Crippen LogP) is 6.80. The Morgan fingerprint density at radius 2 is 1.97 bits per heavy atom. The number of aryl methyl sites for hydroxylation is 1. The summed E-state index contributed by atoms with van der Waals surface area (Å²) in [5.74, 6) is -0.623. The number of Topliss-reactive ketones (excluding diaryl/α,β-unsaturated/α-hetero) is 1. The van der Waals surface area contributed by atoms with Gasteiger partial charge in [0, 0.05) is 10.9 Å². The fourth-order valence-corrected chi connectivity index (χ4v) is 3.97. The minimum Gasteiger partial charge on any atom is -0.486 e. The number of halogens is 4. The van der Waals surface area contributed by atoms with Gasteiger partial charge < -0.3 is 14.5 Å². The van der Waals surface area contributed by atoms with E-state index in [1.807, 2.05) is 13.8 Å². The SMILES string of the molecule is CCC1(C)CC(=O)c2c(ccc3oc(C(=O)Nc4cc(C(F)(F)F)ccc4Cl)c(C)c23)O1. The number of carbonyl (C=O) groups is 2. The molecule has 0 saturated carbocycles. The molecule has 0 aliphatic carbocycles. The number of furan rings is 1. The Labute approximate surface area is 186 Å². The van der Waals surface area contributed by atoms with Crippen molar-refractivity contribution in [2.45, 2.75) is 45.4 Å². The first kappa shape index (κ1) is 22.2. The Balaban J connectivity index is 1.74. The smallest absolute Gasteiger partial charge is 0.416 e. The van der Waals surface area contributed by atoms with Crippen molar-refractivity contribution in [1.29, 1.82) is 0 Å². The molecule has 0 bridgehead atoms. The molecule has 4 rings (SSSR count). The average molecular weight is 466 g/mol. The van der Waals surface area contributed by atoms with Crippen LogP contribution in [0.25, 0.3) is 11.0 Å². The number of alkyl halides is 3. The number of rotatable bonds is 3. The molecular formula is C23H19ClF3NO4. The van der Waals surface area contributed by atoms with Crippen molar-refractivity contribution in [3.63, 3.8) is 0 Å². The second-order valence-corrected chi connectivity index (χ2v) is 8.43. The van der Waals surface area contributed by atoms with Crippen molar-refractivity contribution in [3.05, 3.63) is 57.8 Å².